The third-order valence-electron chi connectivity index (χ3n) is 4.49. The van der Waals surface area contributed by atoms with Crippen LogP contribution in [0.5, 0.6) is 0 Å². The van der Waals surface area contributed by atoms with E-state index in [2.05, 4.69) is 10.5 Å². The topological polar surface area (TPSA) is 92.4 Å². The molecule has 6 heteroatoms. The molecule has 1 aromatic heterocycles. The van der Waals surface area contributed by atoms with Crippen molar-refractivity contribution in [2.45, 2.75) is 32.2 Å². The molecule has 2 aliphatic carbocycles. The lowest BCUT2D eigenvalue weighted by Crippen LogP contribution is -2.46. The van der Waals surface area contributed by atoms with E-state index in [1.54, 1.807) is 6.92 Å². The van der Waals surface area contributed by atoms with Gasteiger partial charge in [-0.1, -0.05) is 5.16 Å². The number of carbonyl (C=O) groups is 2. The van der Waals surface area contributed by atoms with Crippen LogP contribution in [-0.4, -0.2) is 28.2 Å². The van der Waals surface area contributed by atoms with Gasteiger partial charge in [-0.3, -0.25) is 9.59 Å². The lowest BCUT2D eigenvalue weighted by Gasteiger charge is -2.28. The Labute approximate surface area is 110 Å². The van der Waals surface area contributed by atoms with Crippen LogP contribution in [0.25, 0.3) is 0 Å². The average Bonchev–Trinajstić information content (AvgIpc) is 3.03. The van der Waals surface area contributed by atoms with Crippen LogP contribution in [0.4, 0.5) is 0 Å². The first-order valence-corrected chi connectivity index (χ1v) is 6.53. The third kappa shape index (κ3) is 1.91. The zero-order chi connectivity index (χ0) is 13.6. The van der Waals surface area contributed by atoms with Crippen LogP contribution in [0.2, 0.25) is 0 Å². The van der Waals surface area contributed by atoms with Crippen LogP contribution in [0.15, 0.2) is 10.7 Å². The van der Waals surface area contributed by atoms with E-state index in [9.17, 15) is 14.7 Å². The highest BCUT2D eigenvalue weighted by atomic mass is 16.5. The molecule has 3 rings (SSSR count). The molecular weight excluding hydrogens is 248 g/mol. The fraction of sp³-hybridized carbons (Fsp3) is 0.615. The smallest absolute Gasteiger partial charge is 0.308 e. The van der Waals surface area contributed by atoms with Crippen molar-refractivity contribution < 1.29 is 19.2 Å². The number of aromatic nitrogens is 1. The maximum absolute atomic E-state index is 12.1. The van der Waals surface area contributed by atoms with E-state index in [-0.39, 0.29) is 23.8 Å². The first-order chi connectivity index (χ1) is 9.08. The number of carboxylic acid groups (broad SMARTS) is 1. The van der Waals surface area contributed by atoms with E-state index in [0.29, 0.717) is 11.3 Å². The van der Waals surface area contributed by atoms with Crippen molar-refractivity contribution in [1.82, 2.24) is 10.5 Å². The Morgan fingerprint density at radius 3 is 2.79 bits per heavy atom. The highest BCUT2D eigenvalue weighted by Crippen LogP contribution is 2.48. The summed E-state index contributed by atoms with van der Waals surface area (Å²) in [6.45, 7) is 1.66. The van der Waals surface area contributed by atoms with E-state index in [1.807, 2.05) is 0 Å². The number of carbonyl (C=O) groups excluding carboxylic acids is 1. The molecule has 6 nitrogen and oxygen atoms in total. The number of amides is 1. The predicted molar refractivity (Wildman–Crippen MR) is 64.5 cm³/mol. The van der Waals surface area contributed by atoms with E-state index < -0.39 is 11.9 Å². The van der Waals surface area contributed by atoms with Gasteiger partial charge >= 0.3 is 5.97 Å². The standard InChI is InChI=1S/C13H16N2O4/c1-6-9(5-14-19-6)12(16)15-11-8-3-2-7(4-8)10(11)13(17)18/h5,7-8,10-11H,2-4H2,1H3,(H,15,16)(H,17,18). The second-order valence-electron chi connectivity index (χ2n) is 5.49. The Balaban J connectivity index is 1.77. The SMILES string of the molecule is Cc1oncc1C(=O)NC1C2CCC(C2)C1C(=O)O. The number of nitrogens with one attached hydrogen (secondary N) is 1. The van der Waals surface area contributed by atoms with Crippen molar-refractivity contribution in [3.05, 3.63) is 17.5 Å². The monoisotopic (exact) mass is 264 g/mol. The minimum Gasteiger partial charge on any atom is -0.481 e. The molecule has 1 heterocycles. The molecule has 1 aromatic rings. The molecule has 0 saturated heterocycles. The lowest BCUT2D eigenvalue weighted by molar-refractivity contribution is -0.144. The maximum Gasteiger partial charge on any atom is 0.308 e. The molecule has 0 spiro atoms. The molecule has 0 radical (unpaired) electrons. The van der Waals surface area contributed by atoms with E-state index in [4.69, 9.17) is 4.52 Å². The molecule has 0 aromatic carbocycles. The Kier molecular flexibility index (Phi) is 2.80. The van der Waals surface area contributed by atoms with Crippen LogP contribution < -0.4 is 5.32 Å². The molecule has 2 bridgehead atoms. The van der Waals surface area contributed by atoms with Crippen LogP contribution in [-0.2, 0) is 4.79 Å². The van der Waals surface area contributed by atoms with Crippen LogP contribution in [0.1, 0.15) is 35.4 Å². The second-order valence-corrected chi connectivity index (χ2v) is 5.49. The van der Waals surface area contributed by atoms with E-state index in [1.165, 1.54) is 6.20 Å². The molecule has 4 unspecified atom stereocenters. The minimum atomic E-state index is -0.806. The van der Waals surface area contributed by atoms with Gasteiger partial charge in [-0.2, -0.15) is 0 Å². The van der Waals surface area contributed by atoms with E-state index >= 15 is 0 Å². The molecule has 102 valence electrons. The lowest BCUT2D eigenvalue weighted by atomic mass is 9.84. The van der Waals surface area contributed by atoms with Gasteiger partial charge in [0.15, 0.2) is 0 Å². The van der Waals surface area contributed by atoms with Crippen LogP contribution in [0.3, 0.4) is 0 Å². The molecule has 0 aliphatic heterocycles. The summed E-state index contributed by atoms with van der Waals surface area (Å²) in [5.41, 5.74) is 0.381. The first-order valence-electron chi connectivity index (χ1n) is 6.53. The molecule has 1 amide bonds. The number of hydrogen-bond donors (Lipinski definition) is 2. The summed E-state index contributed by atoms with van der Waals surface area (Å²) in [6.07, 6.45) is 4.24. The van der Waals surface area contributed by atoms with Gasteiger partial charge in [0.1, 0.15) is 11.3 Å². The molecule has 2 aliphatic rings. The fourth-order valence-electron chi connectivity index (χ4n) is 3.60. The number of aliphatic carboxylic acids is 1. The summed E-state index contributed by atoms with van der Waals surface area (Å²) in [5.74, 6) is -0.607. The number of rotatable bonds is 3. The van der Waals surface area contributed by atoms with Crippen LogP contribution >= 0.6 is 0 Å². The minimum absolute atomic E-state index is 0.205. The summed E-state index contributed by atoms with van der Waals surface area (Å²) in [5, 5.41) is 15.8. The molecule has 19 heavy (non-hydrogen) atoms. The normalized spacial score (nSPS) is 32.5. The zero-order valence-corrected chi connectivity index (χ0v) is 10.6. The number of fused-ring (bicyclic) bond motifs is 2. The Hall–Kier alpha value is -1.85. The largest absolute Gasteiger partial charge is 0.481 e. The number of carboxylic acids is 1. The van der Waals surface area contributed by atoms with Gasteiger partial charge in [0.2, 0.25) is 0 Å². The Morgan fingerprint density at radius 2 is 2.16 bits per heavy atom. The van der Waals surface area contributed by atoms with Gasteiger partial charge in [0, 0.05) is 6.04 Å². The van der Waals surface area contributed by atoms with Crippen molar-refractivity contribution >= 4 is 11.9 Å². The van der Waals surface area contributed by atoms with Crippen molar-refractivity contribution in [3.63, 3.8) is 0 Å². The van der Waals surface area contributed by atoms with Gasteiger partial charge in [0.05, 0.1) is 12.1 Å². The van der Waals surface area contributed by atoms with Gasteiger partial charge in [-0.15, -0.1) is 0 Å². The third-order valence-corrected chi connectivity index (χ3v) is 4.49. The average molecular weight is 264 g/mol. The maximum atomic E-state index is 12.1. The highest BCUT2D eigenvalue weighted by molar-refractivity contribution is 5.95. The molecule has 2 N–H and O–H groups in total. The zero-order valence-electron chi connectivity index (χ0n) is 10.6. The summed E-state index contributed by atoms with van der Waals surface area (Å²) >= 11 is 0. The summed E-state index contributed by atoms with van der Waals surface area (Å²) in [7, 11) is 0. The molecule has 2 fully saturated rings. The molecular formula is C13H16N2O4. The van der Waals surface area contributed by atoms with Crippen LogP contribution in [0, 0.1) is 24.7 Å². The second kappa shape index (κ2) is 4.36. The molecule has 2 saturated carbocycles. The number of hydrogen-bond acceptors (Lipinski definition) is 4. The van der Waals surface area contributed by atoms with Gasteiger partial charge in [0.25, 0.3) is 5.91 Å². The summed E-state index contributed by atoms with van der Waals surface area (Å²) in [4.78, 5) is 23.5. The molecule has 4 atom stereocenters. The van der Waals surface area contributed by atoms with E-state index in [0.717, 1.165) is 19.3 Å². The Bertz CT molecular complexity index is 524. The van der Waals surface area contributed by atoms with Gasteiger partial charge in [-0.25, -0.2) is 0 Å². The van der Waals surface area contributed by atoms with Crippen molar-refractivity contribution in [2.75, 3.05) is 0 Å². The predicted octanol–water partition coefficient (Wildman–Crippen LogP) is 1.21. The van der Waals surface area contributed by atoms with Gasteiger partial charge in [-0.05, 0) is 38.0 Å². The summed E-state index contributed by atoms with van der Waals surface area (Å²) in [6, 6.07) is -0.266. The highest BCUT2D eigenvalue weighted by Gasteiger charge is 2.51. The quantitative estimate of drug-likeness (QED) is 0.856. The van der Waals surface area contributed by atoms with Crippen molar-refractivity contribution in [1.29, 1.82) is 0 Å². The number of nitrogens with zero attached hydrogens (tertiary/aromatic N) is 1. The first kappa shape index (κ1) is 12.2. The summed E-state index contributed by atoms with van der Waals surface area (Å²) < 4.78 is 4.86. The fourth-order valence-corrected chi connectivity index (χ4v) is 3.60. The van der Waals surface area contributed by atoms with Crippen molar-refractivity contribution in [2.24, 2.45) is 17.8 Å². The Morgan fingerprint density at radius 1 is 1.42 bits per heavy atom. The van der Waals surface area contributed by atoms with Gasteiger partial charge < -0.3 is 14.9 Å². The number of aryl methyl sites for hydroxylation is 1. The van der Waals surface area contributed by atoms with Crippen molar-refractivity contribution in [3.8, 4) is 0 Å².